The molecular formula is C12H15BrN2O2. The summed E-state index contributed by atoms with van der Waals surface area (Å²) >= 11 is 3.39. The Kier molecular flexibility index (Phi) is 4.12. The molecule has 5 heteroatoms. The van der Waals surface area contributed by atoms with Gasteiger partial charge in [0.1, 0.15) is 6.10 Å². The number of halogens is 1. The van der Waals surface area contributed by atoms with Crippen LogP contribution in [-0.4, -0.2) is 23.6 Å². The molecule has 1 N–H and O–H groups in total. The number of nitrogens with one attached hydrogen (secondary N) is 1. The Morgan fingerprint density at radius 1 is 1.53 bits per heavy atom. The molecule has 1 unspecified atom stereocenters. The maximum Gasteiger partial charge on any atom is 0.253 e. The third kappa shape index (κ3) is 3.04. The fourth-order valence-electron chi connectivity index (χ4n) is 1.79. The Hall–Kier alpha value is -0.940. The highest BCUT2D eigenvalue weighted by molar-refractivity contribution is 9.10. The molecule has 2 rings (SSSR count). The molecule has 0 spiro atoms. The molecule has 1 saturated heterocycles. The molecule has 0 bridgehead atoms. The maximum absolute atomic E-state index is 12.0. The van der Waals surface area contributed by atoms with E-state index in [0.717, 1.165) is 35.0 Å². The highest BCUT2D eigenvalue weighted by Gasteiger charge is 2.22. The number of pyridine rings is 1. The molecule has 17 heavy (non-hydrogen) atoms. The lowest BCUT2D eigenvalue weighted by Gasteiger charge is -2.22. The van der Waals surface area contributed by atoms with Crippen molar-refractivity contribution in [1.82, 2.24) is 4.98 Å². The van der Waals surface area contributed by atoms with E-state index in [-0.39, 0.29) is 12.0 Å². The Morgan fingerprint density at radius 2 is 2.35 bits per heavy atom. The molecular weight excluding hydrogens is 284 g/mol. The van der Waals surface area contributed by atoms with Crippen molar-refractivity contribution >= 4 is 27.5 Å². The van der Waals surface area contributed by atoms with E-state index in [1.165, 1.54) is 0 Å². The Balaban J connectivity index is 2.04. The summed E-state index contributed by atoms with van der Waals surface area (Å²) in [5, 5.41) is 2.86. The Morgan fingerprint density at radius 3 is 3.06 bits per heavy atom. The predicted molar refractivity (Wildman–Crippen MR) is 68.9 cm³/mol. The van der Waals surface area contributed by atoms with E-state index in [1.54, 1.807) is 12.4 Å². The molecule has 1 fully saturated rings. The molecule has 1 aromatic heterocycles. The van der Waals surface area contributed by atoms with Gasteiger partial charge in [-0.2, -0.15) is 0 Å². The number of hydrogen-bond donors (Lipinski definition) is 1. The van der Waals surface area contributed by atoms with Gasteiger partial charge in [0.2, 0.25) is 0 Å². The van der Waals surface area contributed by atoms with E-state index in [0.29, 0.717) is 6.61 Å². The Bertz CT molecular complexity index is 417. The molecule has 1 aliphatic rings. The number of anilines is 1. The highest BCUT2D eigenvalue weighted by Crippen LogP contribution is 2.23. The summed E-state index contributed by atoms with van der Waals surface area (Å²) in [6, 6.07) is 0. The number of aromatic nitrogens is 1. The number of hydrogen-bond acceptors (Lipinski definition) is 3. The van der Waals surface area contributed by atoms with Crippen LogP contribution in [0.25, 0.3) is 0 Å². The van der Waals surface area contributed by atoms with Crippen LogP contribution < -0.4 is 5.32 Å². The van der Waals surface area contributed by atoms with E-state index in [1.807, 2.05) is 6.92 Å². The third-order valence-electron chi connectivity index (χ3n) is 2.88. The van der Waals surface area contributed by atoms with Gasteiger partial charge in [-0.1, -0.05) is 0 Å². The number of carbonyl (C=O) groups is 1. The van der Waals surface area contributed by atoms with Crippen LogP contribution in [0.4, 0.5) is 5.69 Å². The molecule has 2 heterocycles. The molecule has 0 radical (unpaired) electrons. The number of nitrogens with zero attached hydrogens (tertiary/aromatic N) is 1. The molecule has 0 aromatic carbocycles. The second-order valence-corrected chi connectivity index (χ2v) is 4.99. The first-order valence-corrected chi connectivity index (χ1v) is 6.50. The Labute approximate surface area is 109 Å². The van der Waals surface area contributed by atoms with Crippen LogP contribution in [0, 0.1) is 6.92 Å². The van der Waals surface area contributed by atoms with Crippen molar-refractivity contribution in [1.29, 1.82) is 0 Å². The largest absolute Gasteiger partial charge is 0.368 e. The van der Waals surface area contributed by atoms with Crippen LogP contribution in [0.2, 0.25) is 0 Å². The summed E-state index contributed by atoms with van der Waals surface area (Å²) in [7, 11) is 0. The van der Waals surface area contributed by atoms with Crippen molar-refractivity contribution in [2.45, 2.75) is 32.3 Å². The van der Waals surface area contributed by atoms with Crippen molar-refractivity contribution in [3.63, 3.8) is 0 Å². The maximum atomic E-state index is 12.0. The fraction of sp³-hybridized carbons (Fsp3) is 0.500. The number of carbonyl (C=O) groups excluding carboxylic acids is 1. The SMILES string of the molecule is Cc1c(Br)cncc1NC(=O)C1CCCCO1. The summed E-state index contributed by atoms with van der Waals surface area (Å²) in [5.41, 5.74) is 1.71. The molecule has 1 atom stereocenters. The van der Waals surface area contributed by atoms with Gasteiger partial charge >= 0.3 is 0 Å². The quantitative estimate of drug-likeness (QED) is 0.913. The summed E-state index contributed by atoms with van der Waals surface area (Å²) in [4.78, 5) is 16.0. The first-order chi connectivity index (χ1) is 8.18. The molecule has 1 aliphatic heterocycles. The molecule has 4 nitrogen and oxygen atoms in total. The lowest BCUT2D eigenvalue weighted by atomic mass is 10.1. The van der Waals surface area contributed by atoms with Crippen LogP contribution in [0.1, 0.15) is 24.8 Å². The van der Waals surface area contributed by atoms with Gasteiger partial charge in [-0.15, -0.1) is 0 Å². The molecule has 0 aliphatic carbocycles. The van der Waals surface area contributed by atoms with Crippen molar-refractivity contribution < 1.29 is 9.53 Å². The predicted octanol–water partition coefficient (Wildman–Crippen LogP) is 2.66. The lowest BCUT2D eigenvalue weighted by Crippen LogP contribution is -2.33. The average Bonchev–Trinajstić information content (AvgIpc) is 2.36. The van der Waals surface area contributed by atoms with Crippen molar-refractivity contribution in [3.8, 4) is 0 Å². The second kappa shape index (κ2) is 5.60. The summed E-state index contributed by atoms with van der Waals surface area (Å²) in [6.07, 6.45) is 5.94. The fourth-order valence-corrected chi connectivity index (χ4v) is 2.12. The van der Waals surface area contributed by atoms with Crippen LogP contribution in [-0.2, 0) is 9.53 Å². The molecule has 1 aromatic rings. The number of amides is 1. The first kappa shape index (κ1) is 12.5. The van der Waals surface area contributed by atoms with E-state index in [4.69, 9.17) is 4.74 Å². The zero-order valence-electron chi connectivity index (χ0n) is 9.70. The average molecular weight is 299 g/mol. The van der Waals surface area contributed by atoms with Crippen molar-refractivity contribution in [2.75, 3.05) is 11.9 Å². The number of ether oxygens (including phenoxy) is 1. The van der Waals surface area contributed by atoms with Gasteiger partial charge in [-0.05, 0) is 47.7 Å². The van der Waals surface area contributed by atoms with E-state index >= 15 is 0 Å². The van der Waals surface area contributed by atoms with E-state index < -0.39 is 0 Å². The van der Waals surface area contributed by atoms with Crippen LogP contribution in [0.5, 0.6) is 0 Å². The van der Waals surface area contributed by atoms with Crippen molar-refractivity contribution in [2.24, 2.45) is 0 Å². The second-order valence-electron chi connectivity index (χ2n) is 4.14. The monoisotopic (exact) mass is 298 g/mol. The smallest absolute Gasteiger partial charge is 0.253 e. The normalized spacial score (nSPS) is 20.0. The van der Waals surface area contributed by atoms with Crippen LogP contribution in [0.3, 0.4) is 0 Å². The van der Waals surface area contributed by atoms with Gasteiger partial charge in [-0.3, -0.25) is 9.78 Å². The van der Waals surface area contributed by atoms with Gasteiger partial charge < -0.3 is 10.1 Å². The summed E-state index contributed by atoms with van der Waals surface area (Å²) in [6.45, 7) is 2.61. The zero-order valence-corrected chi connectivity index (χ0v) is 11.3. The van der Waals surface area contributed by atoms with Gasteiger partial charge in [0, 0.05) is 17.3 Å². The lowest BCUT2D eigenvalue weighted by molar-refractivity contribution is -0.129. The molecule has 1 amide bonds. The standard InChI is InChI=1S/C12H15BrN2O2/c1-8-9(13)6-14-7-10(8)15-12(16)11-4-2-3-5-17-11/h6-7,11H,2-5H2,1H3,(H,15,16). The third-order valence-corrected chi connectivity index (χ3v) is 3.68. The van der Waals surface area contributed by atoms with Crippen LogP contribution in [0.15, 0.2) is 16.9 Å². The van der Waals surface area contributed by atoms with Gasteiger partial charge in [-0.25, -0.2) is 0 Å². The van der Waals surface area contributed by atoms with E-state index in [9.17, 15) is 4.79 Å². The van der Waals surface area contributed by atoms with Gasteiger partial charge in [0.15, 0.2) is 0 Å². The minimum absolute atomic E-state index is 0.0762. The van der Waals surface area contributed by atoms with Crippen molar-refractivity contribution in [3.05, 3.63) is 22.4 Å². The highest BCUT2D eigenvalue weighted by atomic mass is 79.9. The molecule has 92 valence electrons. The first-order valence-electron chi connectivity index (χ1n) is 5.71. The summed E-state index contributed by atoms with van der Waals surface area (Å²) in [5.74, 6) is -0.0762. The zero-order chi connectivity index (χ0) is 12.3. The summed E-state index contributed by atoms with van der Waals surface area (Å²) < 4.78 is 6.33. The minimum atomic E-state index is -0.317. The molecule has 0 saturated carbocycles. The topological polar surface area (TPSA) is 51.2 Å². The van der Waals surface area contributed by atoms with Crippen LogP contribution >= 0.6 is 15.9 Å². The minimum Gasteiger partial charge on any atom is -0.368 e. The van der Waals surface area contributed by atoms with E-state index in [2.05, 4.69) is 26.2 Å². The van der Waals surface area contributed by atoms with Gasteiger partial charge in [0.25, 0.3) is 5.91 Å². The van der Waals surface area contributed by atoms with Gasteiger partial charge in [0.05, 0.1) is 11.9 Å². The number of rotatable bonds is 2.